The van der Waals surface area contributed by atoms with Crippen LogP contribution in [0.2, 0.25) is 5.02 Å². The molecule has 2 N–H and O–H groups in total. The van der Waals surface area contributed by atoms with Crippen LogP contribution in [-0.4, -0.2) is 22.6 Å². The fraction of sp³-hybridized carbons (Fsp3) is 0.111. The summed E-state index contributed by atoms with van der Waals surface area (Å²) in [7, 11) is 0. The number of benzene rings is 2. The zero-order valence-corrected chi connectivity index (χ0v) is 16.5. The summed E-state index contributed by atoms with van der Waals surface area (Å²) in [6.45, 7) is 2.19. The van der Waals surface area contributed by atoms with Crippen molar-refractivity contribution in [3.63, 3.8) is 0 Å². The van der Waals surface area contributed by atoms with Gasteiger partial charge in [0.15, 0.2) is 5.11 Å². The fourth-order valence-electron chi connectivity index (χ4n) is 2.40. The van der Waals surface area contributed by atoms with Crippen LogP contribution in [0.3, 0.4) is 0 Å². The molecule has 0 unspecified atom stereocenters. The van der Waals surface area contributed by atoms with Gasteiger partial charge in [-0.05, 0) is 60.6 Å². The van der Waals surface area contributed by atoms with Crippen molar-refractivity contribution >= 4 is 62.5 Å². The molecule has 1 heterocycles. The van der Waals surface area contributed by atoms with Gasteiger partial charge < -0.3 is 10.6 Å². The van der Waals surface area contributed by atoms with Gasteiger partial charge in [0.05, 0.1) is 6.67 Å². The SMILES string of the molecule is Cc1c(Cl)cccc1NCN1C(=O)/C(=C/c2ccc(Br)cc2)NC1=S. The quantitative estimate of drug-likeness (QED) is 0.546. The molecule has 128 valence electrons. The van der Waals surface area contributed by atoms with Crippen molar-refractivity contribution in [1.82, 2.24) is 10.2 Å². The van der Waals surface area contributed by atoms with E-state index in [9.17, 15) is 4.79 Å². The molecule has 2 aromatic rings. The Morgan fingerprint density at radius 1 is 1.28 bits per heavy atom. The number of nitrogens with one attached hydrogen (secondary N) is 2. The van der Waals surface area contributed by atoms with E-state index < -0.39 is 0 Å². The summed E-state index contributed by atoms with van der Waals surface area (Å²) in [6, 6.07) is 13.3. The van der Waals surface area contributed by atoms with Gasteiger partial charge in [0.1, 0.15) is 5.70 Å². The van der Waals surface area contributed by atoms with Gasteiger partial charge in [0.2, 0.25) is 0 Å². The van der Waals surface area contributed by atoms with Crippen LogP contribution in [0.25, 0.3) is 6.08 Å². The smallest absolute Gasteiger partial charge is 0.278 e. The fourth-order valence-corrected chi connectivity index (χ4v) is 3.10. The topological polar surface area (TPSA) is 44.4 Å². The molecule has 0 spiro atoms. The Hall–Kier alpha value is -1.89. The Kier molecular flexibility index (Phi) is 5.42. The van der Waals surface area contributed by atoms with Gasteiger partial charge in [0, 0.05) is 15.2 Å². The standard InChI is InChI=1S/C18H15BrClN3OS/c1-11-14(20)3-2-4-15(11)21-10-23-17(24)16(22-18(23)25)9-12-5-7-13(19)8-6-12/h2-9,21H,10H2,1H3,(H,22,25)/b16-9-. The van der Waals surface area contributed by atoms with Crippen molar-refractivity contribution in [2.24, 2.45) is 0 Å². The number of anilines is 1. The van der Waals surface area contributed by atoms with Gasteiger partial charge in [0.25, 0.3) is 5.91 Å². The van der Waals surface area contributed by atoms with Crippen molar-refractivity contribution in [3.8, 4) is 0 Å². The minimum atomic E-state index is -0.167. The number of hydrogen-bond acceptors (Lipinski definition) is 3. The minimum absolute atomic E-state index is 0.167. The second-order valence-electron chi connectivity index (χ2n) is 5.52. The van der Waals surface area contributed by atoms with E-state index in [0.29, 0.717) is 15.8 Å². The zero-order chi connectivity index (χ0) is 18.0. The molecule has 2 aromatic carbocycles. The summed E-state index contributed by atoms with van der Waals surface area (Å²) < 4.78 is 0.985. The number of hydrogen-bond donors (Lipinski definition) is 2. The van der Waals surface area contributed by atoms with Crippen LogP contribution in [0.1, 0.15) is 11.1 Å². The minimum Gasteiger partial charge on any atom is -0.367 e. The van der Waals surface area contributed by atoms with Gasteiger partial charge in [-0.2, -0.15) is 0 Å². The van der Waals surface area contributed by atoms with Gasteiger partial charge in [-0.3, -0.25) is 9.69 Å². The van der Waals surface area contributed by atoms with Gasteiger partial charge in [-0.15, -0.1) is 0 Å². The maximum atomic E-state index is 12.6. The van der Waals surface area contributed by atoms with Crippen LogP contribution in [0.15, 0.2) is 52.6 Å². The monoisotopic (exact) mass is 435 g/mol. The Balaban J connectivity index is 1.73. The summed E-state index contributed by atoms with van der Waals surface area (Å²) in [5.41, 5.74) is 3.17. The highest BCUT2D eigenvalue weighted by Crippen LogP contribution is 2.23. The average molecular weight is 437 g/mol. The molecule has 0 radical (unpaired) electrons. The molecular formula is C18H15BrClN3OS. The summed E-state index contributed by atoms with van der Waals surface area (Å²) in [5.74, 6) is -0.167. The van der Waals surface area contributed by atoms with Crippen molar-refractivity contribution < 1.29 is 4.79 Å². The molecule has 7 heteroatoms. The lowest BCUT2D eigenvalue weighted by molar-refractivity contribution is -0.122. The third kappa shape index (κ3) is 4.03. The number of rotatable bonds is 4. The van der Waals surface area contributed by atoms with Crippen molar-refractivity contribution in [2.45, 2.75) is 6.92 Å². The molecule has 0 aliphatic carbocycles. The van der Waals surface area contributed by atoms with E-state index >= 15 is 0 Å². The third-order valence-corrected chi connectivity index (χ3v) is 5.10. The number of carbonyl (C=O) groups is 1. The highest BCUT2D eigenvalue weighted by molar-refractivity contribution is 9.10. The number of amides is 1. The van der Waals surface area contributed by atoms with E-state index in [4.69, 9.17) is 23.8 Å². The second kappa shape index (κ2) is 7.56. The van der Waals surface area contributed by atoms with Crippen molar-refractivity contribution in [1.29, 1.82) is 0 Å². The Morgan fingerprint density at radius 2 is 2.00 bits per heavy atom. The molecule has 1 amide bonds. The predicted molar refractivity (Wildman–Crippen MR) is 109 cm³/mol. The molecule has 4 nitrogen and oxygen atoms in total. The highest BCUT2D eigenvalue weighted by Gasteiger charge is 2.30. The molecule has 1 aliphatic heterocycles. The van der Waals surface area contributed by atoms with E-state index in [2.05, 4.69) is 26.6 Å². The number of thiocarbonyl (C=S) groups is 1. The summed E-state index contributed by atoms with van der Waals surface area (Å²) >= 11 is 14.8. The molecule has 1 fully saturated rings. The lowest BCUT2D eigenvalue weighted by atomic mass is 10.2. The zero-order valence-electron chi connectivity index (χ0n) is 13.3. The second-order valence-corrected chi connectivity index (χ2v) is 7.23. The lowest BCUT2D eigenvalue weighted by Crippen LogP contribution is -2.35. The van der Waals surface area contributed by atoms with E-state index in [0.717, 1.165) is 21.3 Å². The van der Waals surface area contributed by atoms with Crippen LogP contribution >= 0.6 is 39.7 Å². The molecule has 0 bridgehead atoms. The summed E-state index contributed by atoms with van der Waals surface area (Å²) in [6.07, 6.45) is 1.78. The summed E-state index contributed by atoms with van der Waals surface area (Å²) in [5, 5.41) is 7.23. The van der Waals surface area contributed by atoms with E-state index in [-0.39, 0.29) is 12.6 Å². The van der Waals surface area contributed by atoms with Crippen LogP contribution in [0.4, 0.5) is 5.69 Å². The van der Waals surface area contributed by atoms with Gasteiger partial charge >= 0.3 is 0 Å². The largest absolute Gasteiger partial charge is 0.367 e. The molecule has 3 rings (SSSR count). The number of carbonyl (C=O) groups excluding carboxylic acids is 1. The predicted octanol–water partition coefficient (Wildman–Crippen LogP) is 4.54. The molecule has 0 saturated carbocycles. The molecule has 1 saturated heterocycles. The lowest BCUT2D eigenvalue weighted by Gasteiger charge is -2.17. The van der Waals surface area contributed by atoms with Gasteiger partial charge in [-0.1, -0.05) is 45.7 Å². The number of nitrogens with zero attached hydrogens (tertiary/aromatic N) is 1. The maximum absolute atomic E-state index is 12.6. The Morgan fingerprint density at radius 3 is 2.72 bits per heavy atom. The number of halogens is 2. The average Bonchev–Trinajstić information content (AvgIpc) is 2.85. The first kappa shape index (κ1) is 17.9. The maximum Gasteiger partial charge on any atom is 0.278 e. The molecular weight excluding hydrogens is 422 g/mol. The van der Waals surface area contributed by atoms with Crippen LogP contribution in [0.5, 0.6) is 0 Å². The highest BCUT2D eigenvalue weighted by atomic mass is 79.9. The molecule has 0 atom stereocenters. The van der Waals surface area contributed by atoms with Crippen LogP contribution < -0.4 is 10.6 Å². The van der Waals surface area contributed by atoms with Gasteiger partial charge in [-0.25, -0.2) is 0 Å². The van der Waals surface area contributed by atoms with E-state index in [1.54, 1.807) is 6.08 Å². The van der Waals surface area contributed by atoms with E-state index in [1.165, 1.54) is 4.90 Å². The van der Waals surface area contributed by atoms with Crippen LogP contribution in [-0.2, 0) is 4.79 Å². The third-order valence-electron chi connectivity index (χ3n) is 3.84. The Bertz CT molecular complexity index is 867. The first-order chi connectivity index (χ1) is 12.0. The Labute approximate surface area is 165 Å². The van der Waals surface area contributed by atoms with E-state index in [1.807, 2.05) is 49.4 Å². The first-order valence-corrected chi connectivity index (χ1v) is 9.13. The van der Waals surface area contributed by atoms with Crippen molar-refractivity contribution in [3.05, 3.63) is 68.8 Å². The van der Waals surface area contributed by atoms with Crippen LogP contribution in [0, 0.1) is 6.92 Å². The first-order valence-electron chi connectivity index (χ1n) is 7.55. The normalized spacial score (nSPS) is 15.6. The molecule has 1 aliphatic rings. The molecule has 0 aromatic heterocycles. The summed E-state index contributed by atoms with van der Waals surface area (Å²) in [4.78, 5) is 14.1. The van der Waals surface area contributed by atoms with Crippen molar-refractivity contribution in [2.75, 3.05) is 12.0 Å². The molecule has 25 heavy (non-hydrogen) atoms.